The third-order valence-electron chi connectivity index (χ3n) is 2.68. The number of anilines is 1. The molecule has 0 aliphatic heterocycles. The number of benzene rings is 1. The van der Waals surface area contributed by atoms with E-state index in [9.17, 15) is 14.4 Å². The standard InChI is InChI=1S/C16H23N3O4/c1-16(2,3)23-15(22)18-10-9-13(20)19-12-7-5-11(6-8-12)14(21)17-4/h5-8H,9-10H2,1-4H3,(H,17,21)(H,18,22)(H,19,20). The van der Waals surface area contributed by atoms with Gasteiger partial charge in [0, 0.05) is 31.3 Å². The van der Waals surface area contributed by atoms with Gasteiger partial charge in [-0.15, -0.1) is 0 Å². The van der Waals surface area contributed by atoms with Gasteiger partial charge in [-0.3, -0.25) is 9.59 Å². The van der Waals surface area contributed by atoms with E-state index in [0.29, 0.717) is 11.3 Å². The fourth-order valence-electron chi connectivity index (χ4n) is 1.67. The Morgan fingerprint density at radius 3 is 2.22 bits per heavy atom. The number of hydrogen-bond donors (Lipinski definition) is 3. The van der Waals surface area contributed by atoms with Crippen LogP contribution in [-0.2, 0) is 9.53 Å². The summed E-state index contributed by atoms with van der Waals surface area (Å²) in [7, 11) is 1.55. The fraction of sp³-hybridized carbons (Fsp3) is 0.438. The second-order valence-electron chi connectivity index (χ2n) is 5.88. The zero-order valence-corrected chi connectivity index (χ0v) is 13.9. The molecule has 0 aliphatic carbocycles. The van der Waals surface area contributed by atoms with Crippen molar-refractivity contribution in [2.75, 3.05) is 18.9 Å². The average molecular weight is 321 g/mol. The van der Waals surface area contributed by atoms with Gasteiger partial charge in [0.1, 0.15) is 5.60 Å². The van der Waals surface area contributed by atoms with Crippen molar-refractivity contribution in [3.05, 3.63) is 29.8 Å². The van der Waals surface area contributed by atoms with Crippen molar-refractivity contribution >= 4 is 23.6 Å². The first-order valence-corrected chi connectivity index (χ1v) is 7.30. The highest BCUT2D eigenvalue weighted by Crippen LogP contribution is 2.10. The minimum Gasteiger partial charge on any atom is -0.444 e. The van der Waals surface area contributed by atoms with Crippen LogP contribution in [0.15, 0.2) is 24.3 Å². The molecule has 1 aromatic rings. The second-order valence-corrected chi connectivity index (χ2v) is 5.88. The van der Waals surface area contributed by atoms with Crippen LogP contribution in [0.1, 0.15) is 37.6 Å². The first kappa shape index (κ1) is 18.5. The molecule has 1 aromatic carbocycles. The summed E-state index contributed by atoms with van der Waals surface area (Å²) in [5.41, 5.74) is 0.524. The zero-order valence-electron chi connectivity index (χ0n) is 13.9. The maximum Gasteiger partial charge on any atom is 0.407 e. The van der Waals surface area contributed by atoms with E-state index < -0.39 is 11.7 Å². The summed E-state index contributed by atoms with van der Waals surface area (Å²) in [5.74, 6) is -0.432. The monoisotopic (exact) mass is 321 g/mol. The van der Waals surface area contributed by atoms with Crippen LogP contribution in [0.4, 0.5) is 10.5 Å². The largest absolute Gasteiger partial charge is 0.444 e. The highest BCUT2D eigenvalue weighted by Gasteiger charge is 2.15. The Balaban J connectivity index is 2.37. The van der Waals surface area contributed by atoms with Crippen LogP contribution >= 0.6 is 0 Å². The maximum absolute atomic E-state index is 11.8. The molecule has 23 heavy (non-hydrogen) atoms. The van der Waals surface area contributed by atoms with Crippen LogP contribution in [0, 0.1) is 0 Å². The van der Waals surface area contributed by atoms with E-state index in [2.05, 4.69) is 16.0 Å². The fourth-order valence-corrected chi connectivity index (χ4v) is 1.67. The van der Waals surface area contributed by atoms with E-state index in [4.69, 9.17) is 4.74 Å². The molecule has 0 aliphatic rings. The molecule has 0 fully saturated rings. The number of rotatable bonds is 5. The third-order valence-corrected chi connectivity index (χ3v) is 2.68. The molecular formula is C16H23N3O4. The van der Waals surface area contributed by atoms with Crippen LogP contribution in [0.3, 0.4) is 0 Å². The molecule has 0 saturated heterocycles. The molecule has 126 valence electrons. The molecule has 0 unspecified atom stereocenters. The zero-order chi connectivity index (χ0) is 17.5. The van der Waals surface area contributed by atoms with E-state index in [0.717, 1.165) is 0 Å². The van der Waals surface area contributed by atoms with Crippen molar-refractivity contribution < 1.29 is 19.1 Å². The molecule has 3 N–H and O–H groups in total. The van der Waals surface area contributed by atoms with Crippen molar-refractivity contribution in [2.24, 2.45) is 0 Å². The lowest BCUT2D eigenvalue weighted by molar-refractivity contribution is -0.116. The Kier molecular flexibility index (Phi) is 6.56. The van der Waals surface area contributed by atoms with E-state index in [1.807, 2.05) is 0 Å². The molecular weight excluding hydrogens is 298 g/mol. The van der Waals surface area contributed by atoms with E-state index in [1.165, 1.54) is 0 Å². The summed E-state index contributed by atoms with van der Waals surface area (Å²) < 4.78 is 5.06. The van der Waals surface area contributed by atoms with Gasteiger partial charge in [-0.2, -0.15) is 0 Å². The van der Waals surface area contributed by atoms with Crippen LogP contribution < -0.4 is 16.0 Å². The van der Waals surface area contributed by atoms with Crippen molar-refractivity contribution in [2.45, 2.75) is 32.8 Å². The van der Waals surface area contributed by atoms with Crippen molar-refractivity contribution in [1.29, 1.82) is 0 Å². The third kappa shape index (κ3) is 7.30. The number of amides is 3. The van der Waals surface area contributed by atoms with Gasteiger partial charge >= 0.3 is 6.09 Å². The van der Waals surface area contributed by atoms with Crippen LogP contribution in [-0.4, -0.2) is 37.1 Å². The normalized spacial score (nSPS) is 10.6. The van der Waals surface area contributed by atoms with Gasteiger partial charge in [-0.25, -0.2) is 4.79 Å². The Morgan fingerprint density at radius 2 is 1.70 bits per heavy atom. The quantitative estimate of drug-likeness (QED) is 0.771. The Hall–Kier alpha value is -2.57. The van der Waals surface area contributed by atoms with Crippen molar-refractivity contribution in [3.8, 4) is 0 Å². The highest BCUT2D eigenvalue weighted by molar-refractivity contribution is 5.95. The summed E-state index contributed by atoms with van der Waals surface area (Å²) >= 11 is 0. The smallest absolute Gasteiger partial charge is 0.407 e. The number of nitrogens with one attached hydrogen (secondary N) is 3. The number of hydrogen-bond acceptors (Lipinski definition) is 4. The maximum atomic E-state index is 11.8. The average Bonchev–Trinajstić information content (AvgIpc) is 2.45. The number of alkyl carbamates (subject to hydrolysis) is 1. The molecule has 0 heterocycles. The van der Waals surface area contributed by atoms with Crippen LogP contribution in [0.25, 0.3) is 0 Å². The molecule has 0 saturated carbocycles. The van der Waals surface area contributed by atoms with Gasteiger partial charge in [0.05, 0.1) is 0 Å². The summed E-state index contributed by atoms with van der Waals surface area (Å²) in [6.07, 6.45) is -0.434. The first-order chi connectivity index (χ1) is 10.7. The minimum absolute atomic E-state index is 0.121. The first-order valence-electron chi connectivity index (χ1n) is 7.30. The molecule has 3 amide bonds. The van der Waals surface area contributed by atoms with E-state index in [1.54, 1.807) is 52.1 Å². The summed E-state index contributed by atoms with van der Waals surface area (Å²) in [5, 5.41) is 7.72. The summed E-state index contributed by atoms with van der Waals surface area (Å²) in [6.45, 7) is 5.47. The number of carbonyl (C=O) groups is 3. The van der Waals surface area contributed by atoms with Gasteiger partial charge in [-0.05, 0) is 45.0 Å². The van der Waals surface area contributed by atoms with Gasteiger partial charge in [0.2, 0.25) is 5.91 Å². The molecule has 0 spiro atoms. The highest BCUT2D eigenvalue weighted by atomic mass is 16.6. The van der Waals surface area contributed by atoms with Gasteiger partial charge in [-0.1, -0.05) is 0 Å². The van der Waals surface area contributed by atoms with Crippen LogP contribution in [0.2, 0.25) is 0 Å². The summed E-state index contributed by atoms with van der Waals surface area (Å²) in [4.78, 5) is 34.6. The molecule has 0 bridgehead atoms. The molecule has 1 rings (SSSR count). The predicted octanol–water partition coefficient (Wildman–Crippen LogP) is 1.90. The van der Waals surface area contributed by atoms with Gasteiger partial charge < -0.3 is 20.7 Å². The Labute approximate surface area is 135 Å². The minimum atomic E-state index is -0.571. The van der Waals surface area contributed by atoms with E-state index >= 15 is 0 Å². The van der Waals surface area contributed by atoms with E-state index in [-0.39, 0.29) is 24.8 Å². The lowest BCUT2D eigenvalue weighted by atomic mass is 10.2. The molecule has 0 aromatic heterocycles. The van der Waals surface area contributed by atoms with Gasteiger partial charge in [0.25, 0.3) is 5.91 Å². The Bertz CT molecular complexity index is 562. The Morgan fingerprint density at radius 1 is 1.09 bits per heavy atom. The predicted molar refractivity (Wildman–Crippen MR) is 87.3 cm³/mol. The second kappa shape index (κ2) is 8.17. The lowest BCUT2D eigenvalue weighted by Gasteiger charge is -2.19. The van der Waals surface area contributed by atoms with Crippen LogP contribution in [0.5, 0.6) is 0 Å². The molecule has 0 atom stereocenters. The SMILES string of the molecule is CNC(=O)c1ccc(NC(=O)CCNC(=O)OC(C)(C)C)cc1. The van der Waals surface area contributed by atoms with Crippen molar-refractivity contribution in [1.82, 2.24) is 10.6 Å². The topological polar surface area (TPSA) is 96.5 Å². The number of carbonyl (C=O) groups excluding carboxylic acids is 3. The lowest BCUT2D eigenvalue weighted by Crippen LogP contribution is -2.34. The van der Waals surface area contributed by atoms with Gasteiger partial charge in [0.15, 0.2) is 0 Å². The molecule has 7 nitrogen and oxygen atoms in total. The summed E-state index contributed by atoms with van der Waals surface area (Å²) in [6, 6.07) is 6.52. The number of ether oxygens (including phenoxy) is 1. The van der Waals surface area contributed by atoms with Crippen molar-refractivity contribution in [3.63, 3.8) is 0 Å². The molecule has 7 heteroatoms. The molecule has 0 radical (unpaired) electrons.